The maximum absolute atomic E-state index is 11.7. The fourth-order valence-corrected chi connectivity index (χ4v) is 1.69. The van der Waals surface area contributed by atoms with Gasteiger partial charge in [-0.3, -0.25) is 4.79 Å². The fraction of sp³-hybridized carbons (Fsp3) is 0.562. The highest BCUT2D eigenvalue weighted by atomic mass is 16.5. The van der Waals surface area contributed by atoms with Gasteiger partial charge in [0.2, 0.25) is 0 Å². The van der Waals surface area contributed by atoms with Gasteiger partial charge in [-0.05, 0) is 36.5 Å². The summed E-state index contributed by atoms with van der Waals surface area (Å²) in [6, 6.07) is 7.70. The van der Waals surface area contributed by atoms with E-state index in [4.69, 9.17) is 9.84 Å². The molecule has 2 unspecified atom stereocenters. The van der Waals surface area contributed by atoms with E-state index >= 15 is 0 Å². The minimum atomic E-state index is -0.175. The molecule has 0 aromatic heterocycles. The van der Waals surface area contributed by atoms with Crippen LogP contribution in [0.5, 0.6) is 5.75 Å². The first kappa shape index (κ1) is 16.5. The molecule has 1 amide bonds. The topological polar surface area (TPSA) is 58.6 Å². The number of benzene rings is 1. The second kappa shape index (κ2) is 7.90. The molecular formula is C16H25NO3. The van der Waals surface area contributed by atoms with Gasteiger partial charge in [-0.15, -0.1) is 0 Å². The summed E-state index contributed by atoms with van der Waals surface area (Å²) < 4.78 is 5.44. The number of aliphatic hydroxyl groups excluding tert-OH is 1. The van der Waals surface area contributed by atoms with E-state index in [0.717, 1.165) is 0 Å². The van der Waals surface area contributed by atoms with E-state index < -0.39 is 0 Å². The van der Waals surface area contributed by atoms with Crippen LogP contribution in [-0.4, -0.2) is 30.3 Å². The highest BCUT2D eigenvalue weighted by molar-refractivity contribution is 5.77. The Morgan fingerprint density at radius 3 is 2.30 bits per heavy atom. The molecule has 0 saturated heterocycles. The summed E-state index contributed by atoms with van der Waals surface area (Å²) in [5, 5.41) is 11.8. The molecule has 0 radical (unpaired) electrons. The molecule has 0 aliphatic rings. The third kappa shape index (κ3) is 5.21. The summed E-state index contributed by atoms with van der Waals surface area (Å²) in [5.74, 6) is 1.02. The second-order valence-corrected chi connectivity index (χ2v) is 5.53. The summed E-state index contributed by atoms with van der Waals surface area (Å²) in [6.45, 7) is 8.06. The van der Waals surface area contributed by atoms with Gasteiger partial charge in [-0.25, -0.2) is 0 Å². The van der Waals surface area contributed by atoms with Crippen molar-refractivity contribution < 1.29 is 14.6 Å². The van der Waals surface area contributed by atoms with Crippen LogP contribution >= 0.6 is 0 Å². The van der Waals surface area contributed by atoms with Gasteiger partial charge in [0.25, 0.3) is 5.91 Å². The maximum Gasteiger partial charge on any atom is 0.258 e. The van der Waals surface area contributed by atoms with E-state index in [1.54, 1.807) is 0 Å². The van der Waals surface area contributed by atoms with E-state index in [9.17, 15) is 4.79 Å². The molecule has 0 bridgehead atoms. The number of hydrogen-bond donors (Lipinski definition) is 2. The predicted octanol–water partition coefficient (Wildman–Crippen LogP) is 2.32. The maximum atomic E-state index is 11.7. The number of aliphatic hydroxyl groups is 1. The molecule has 4 nitrogen and oxygen atoms in total. The van der Waals surface area contributed by atoms with Crippen LogP contribution in [0.15, 0.2) is 24.3 Å². The minimum Gasteiger partial charge on any atom is -0.484 e. The summed E-state index contributed by atoms with van der Waals surface area (Å²) in [4.78, 5) is 11.7. The molecule has 2 N–H and O–H groups in total. The van der Waals surface area contributed by atoms with Gasteiger partial charge in [0.05, 0.1) is 0 Å². The van der Waals surface area contributed by atoms with Crippen molar-refractivity contribution in [1.29, 1.82) is 0 Å². The average molecular weight is 279 g/mol. The van der Waals surface area contributed by atoms with Gasteiger partial charge in [-0.1, -0.05) is 32.9 Å². The standard InChI is InChI=1S/C16H25NO3/c1-11(2)14-5-7-15(8-6-14)20-10-16(19)17-13(4)12(3)9-18/h5-8,11-13,18H,9-10H2,1-4H3,(H,17,19). The first-order valence-corrected chi connectivity index (χ1v) is 7.07. The van der Waals surface area contributed by atoms with Crippen LogP contribution in [0.4, 0.5) is 0 Å². The third-order valence-corrected chi connectivity index (χ3v) is 3.45. The van der Waals surface area contributed by atoms with Crippen molar-refractivity contribution >= 4 is 5.91 Å². The van der Waals surface area contributed by atoms with Gasteiger partial charge in [0.15, 0.2) is 6.61 Å². The van der Waals surface area contributed by atoms with Crippen molar-refractivity contribution in [2.75, 3.05) is 13.2 Å². The van der Waals surface area contributed by atoms with Crippen LogP contribution in [-0.2, 0) is 4.79 Å². The molecule has 1 rings (SSSR count). The van der Waals surface area contributed by atoms with E-state index in [-0.39, 0.29) is 31.1 Å². The summed E-state index contributed by atoms with van der Waals surface area (Å²) >= 11 is 0. The smallest absolute Gasteiger partial charge is 0.258 e. The number of nitrogens with one attached hydrogen (secondary N) is 1. The number of hydrogen-bond acceptors (Lipinski definition) is 3. The van der Waals surface area contributed by atoms with Crippen LogP contribution in [0, 0.1) is 5.92 Å². The highest BCUT2D eigenvalue weighted by Crippen LogP contribution is 2.18. The van der Waals surface area contributed by atoms with E-state index in [1.807, 2.05) is 38.1 Å². The van der Waals surface area contributed by atoms with Crippen molar-refractivity contribution in [2.24, 2.45) is 5.92 Å². The molecule has 4 heteroatoms. The molecule has 112 valence electrons. The monoisotopic (exact) mass is 279 g/mol. The lowest BCUT2D eigenvalue weighted by Crippen LogP contribution is -2.40. The highest BCUT2D eigenvalue weighted by Gasteiger charge is 2.14. The van der Waals surface area contributed by atoms with Crippen molar-refractivity contribution in [3.63, 3.8) is 0 Å². The molecule has 1 aromatic rings. The van der Waals surface area contributed by atoms with Crippen molar-refractivity contribution in [3.05, 3.63) is 29.8 Å². The molecule has 0 spiro atoms. The van der Waals surface area contributed by atoms with Gasteiger partial charge in [-0.2, -0.15) is 0 Å². The van der Waals surface area contributed by atoms with E-state index in [1.165, 1.54) is 5.56 Å². The Balaban J connectivity index is 2.41. The van der Waals surface area contributed by atoms with E-state index in [0.29, 0.717) is 11.7 Å². The summed E-state index contributed by atoms with van der Waals surface area (Å²) in [5.41, 5.74) is 1.24. The third-order valence-electron chi connectivity index (χ3n) is 3.45. The second-order valence-electron chi connectivity index (χ2n) is 5.53. The van der Waals surface area contributed by atoms with Crippen LogP contribution in [0.25, 0.3) is 0 Å². The first-order valence-electron chi connectivity index (χ1n) is 7.07. The van der Waals surface area contributed by atoms with Crippen molar-refractivity contribution in [1.82, 2.24) is 5.32 Å². The van der Waals surface area contributed by atoms with Gasteiger partial charge in [0, 0.05) is 12.6 Å². The molecule has 1 aromatic carbocycles. The lowest BCUT2D eigenvalue weighted by atomic mass is 10.0. The zero-order valence-electron chi connectivity index (χ0n) is 12.7. The quantitative estimate of drug-likeness (QED) is 0.805. The first-order chi connectivity index (χ1) is 9.43. The lowest BCUT2D eigenvalue weighted by molar-refractivity contribution is -0.124. The number of carbonyl (C=O) groups excluding carboxylic acids is 1. The number of amides is 1. The molecule has 0 aliphatic carbocycles. The van der Waals surface area contributed by atoms with Gasteiger partial charge >= 0.3 is 0 Å². The normalized spacial score (nSPS) is 13.9. The predicted molar refractivity (Wildman–Crippen MR) is 79.9 cm³/mol. The van der Waals surface area contributed by atoms with Crippen LogP contribution in [0.3, 0.4) is 0 Å². The Hall–Kier alpha value is -1.55. The zero-order chi connectivity index (χ0) is 15.1. The molecule has 20 heavy (non-hydrogen) atoms. The number of ether oxygens (including phenoxy) is 1. The Labute approximate surface area is 121 Å². The summed E-state index contributed by atoms with van der Waals surface area (Å²) in [6.07, 6.45) is 0. The largest absolute Gasteiger partial charge is 0.484 e. The van der Waals surface area contributed by atoms with Crippen LogP contribution in [0.2, 0.25) is 0 Å². The van der Waals surface area contributed by atoms with Crippen LogP contribution in [0.1, 0.15) is 39.2 Å². The number of rotatable bonds is 7. The SMILES string of the molecule is CC(C)c1ccc(OCC(=O)NC(C)C(C)CO)cc1. The molecule has 0 saturated carbocycles. The average Bonchev–Trinajstić information content (AvgIpc) is 2.44. The Bertz CT molecular complexity index is 414. The zero-order valence-corrected chi connectivity index (χ0v) is 12.7. The molecule has 2 atom stereocenters. The van der Waals surface area contributed by atoms with Gasteiger partial charge < -0.3 is 15.2 Å². The number of carbonyl (C=O) groups is 1. The molecule has 0 heterocycles. The Kier molecular flexibility index (Phi) is 6.52. The Morgan fingerprint density at radius 2 is 1.80 bits per heavy atom. The van der Waals surface area contributed by atoms with Crippen molar-refractivity contribution in [3.8, 4) is 5.75 Å². The fourth-order valence-electron chi connectivity index (χ4n) is 1.69. The van der Waals surface area contributed by atoms with Crippen LogP contribution < -0.4 is 10.1 Å². The van der Waals surface area contributed by atoms with E-state index in [2.05, 4.69) is 19.2 Å². The van der Waals surface area contributed by atoms with Gasteiger partial charge in [0.1, 0.15) is 5.75 Å². The molecule has 0 fully saturated rings. The Morgan fingerprint density at radius 1 is 1.20 bits per heavy atom. The van der Waals surface area contributed by atoms with Crippen molar-refractivity contribution in [2.45, 2.75) is 39.7 Å². The molecular weight excluding hydrogens is 254 g/mol. The minimum absolute atomic E-state index is 0.0104. The lowest BCUT2D eigenvalue weighted by Gasteiger charge is -2.19. The summed E-state index contributed by atoms with van der Waals surface area (Å²) in [7, 11) is 0. The molecule has 0 aliphatic heterocycles.